The molecule has 6 nitrogen and oxygen atoms in total. The second-order valence-electron chi connectivity index (χ2n) is 8.22. The number of hydrogen-bond acceptors (Lipinski definition) is 4. The number of nitrogens with zero attached hydrogens (tertiary/aromatic N) is 1. The summed E-state index contributed by atoms with van der Waals surface area (Å²) in [5, 5.41) is 12.7. The molecule has 0 radical (unpaired) electrons. The van der Waals surface area contributed by atoms with Crippen LogP contribution in [0.3, 0.4) is 0 Å². The molecular weight excluding hydrogens is 352 g/mol. The van der Waals surface area contributed by atoms with Crippen molar-refractivity contribution >= 4 is 23.3 Å². The third-order valence-electron chi connectivity index (χ3n) is 5.15. The maximum atomic E-state index is 12.6. The van der Waals surface area contributed by atoms with Crippen molar-refractivity contribution in [3.63, 3.8) is 0 Å². The lowest BCUT2D eigenvalue weighted by Crippen LogP contribution is -2.46. The van der Waals surface area contributed by atoms with Crippen molar-refractivity contribution in [3.8, 4) is 0 Å². The highest BCUT2D eigenvalue weighted by Crippen LogP contribution is 2.49. The standard InChI is InChI=1S/C19H28N2O4S/c1-11-13(14-9-15(14)21(18(23)24)19(2,3)4)10-16(26-11)17(22)20-12-5-7-25-8-6-12/h10,12,14-15H,5-9H2,1-4H3,(H,20,22)(H,23,24). The molecule has 1 aliphatic carbocycles. The highest BCUT2D eigenvalue weighted by atomic mass is 32.1. The van der Waals surface area contributed by atoms with Gasteiger partial charge in [-0.25, -0.2) is 4.79 Å². The summed E-state index contributed by atoms with van der Waals surface area (Å²) in [7, 11) is 0. The van der Waals surface area contributed by atoms with E-state index in [1.165, 1.54) is 11.3 Å². The molecule has 3 rings (SSSR count). The van der Waals surface area contributed by atoms with Gasteiger partial charge in [-0.2, -0.15) is 0 Å². The number of amides is 2. The molecule has 2 unspecified atom stereocenters. The fraction of sp³-hybridized carbons (Fsp3) is 0.684. The summed E-state index contributed by atoms with van der Waals surface area (Å²) in [6, 6.07) is 2.13. The van der Waals surface area contributed by atoms with E-state index in [1.807, 2.05) is 33.8 Å². The Bertz CT molecular complexity index is 688. The number of rotatable bonds is 4. The number of carbonyl (C=O) groups excluding carboxylic acids is 1. The fourth-order valence-electron chi connectivity index (χ4n) is 3.80. The molecule has 2 atom stereocenters. The summed E-state index contributed by atoms with van der Waals surface area (Å²) >= 11 is 1.50. The molecule has 1 aliphatic heterocycles. The van der Waals surface area contributed by atoms with E-state index in [9.17, 15) is 14.7 Å². The normalized spacial score (nSPS) is 23.5. The van der Waals surface area contributed by atoms with Crippen LogP contribution in [0.5, 0.6) is 0 Å². The molecule has 0 spiro atoms. The van der Waals surface area contributed by atoms with E-state index >= 15 is 0 Å². The van der Waals surface area contributed by atoms with E-state index in [0.717, 1.165) is 29.7 Å². The van der Waals surface area contributed by atoms with E-state index in [-0.39, 0.29) is 23.9 Å². The van der Waals surface area contributed by atoms with Gasteiger partial charge in [-0.05, 0) is 58.6 Å². The molecule has 1 aromatic rings. The summed E-state index contributed by atoms with van der Waals surface area (Å²) in [6.07, 6.45) is 1.65. The molecule has 0 aromatic carbocycles. The second-order valence-corrected chi connectivity index (χ2v) is 9.47. The molecular formula is C19H28N2O4S. The van der Waals surface area contributed by atoms with Crippen LogP contribution in [0.2, 0.25) is 0 Å². The molecule has 2 amide bonds. The number of thiophene rings is 1. The number of carboxylic acid groups (broad SMARTS) is 1. The van der Waals surface area contributed by atoms with Gasteiger partial charge in [0.25, 0.3) is 5.91 Å². The minimum atomic E-state index is -0.879. The first-order chi connectivity index (χ1) is 12.2. The molecule has 2 heterocycles. The van der Waals surface area contributed by atoms with Crippen molar-refractivity contribution < 1.29 is 19.4 Å². The lowest BCUT2D eigenvalue weighted by atomic mass is 10.1. The maximum Gasteiger partial charge on any atom is 0.408 e. The number of ether oxygens (including phenoxy) is 1. The molecule has 26 heavy (non-hydrogen) atoms. The first-order valence-corrected chi connectivity index (χ1v) is 10.0. The molecule has 1 saturated heterocycles. The second kappa shape index (κ2) is 7.19. The highest BCUT2D eigenvalue weighted by Gasteiger charge is 2.49. The van der Waals surface area contributed by atoms with Crippen LogP contribution < -0.4 is 5.32 Å². The number of hydrogen-bond donors (Lipinski definition) is 2. The lowest BCUT2D eigenvalue weighted by molar-refractivity contribution is 0.0698. The van der Waals surface area contributed by atoms with Gasteiger partial charge < -0.3 is 15.2 Å². The summed E-state index contributed by atoms with van der Waals surface area (Å²) in [6.45, 7) is 9.17. The first-order valence-electron chi connectivity index (χ1n) is 9.19. The molecule has 0 bridgehead atoms. The summed E-state index contributed by atoms with van der Waals surface area (Å²) < 4.78 is 5.33. The van der Waals surface area contributed by atoms with Gasteiger partial charge in [0.05, 0.1) is 4.88 Å². The van der Waals surface area contributed by atoms with Gasteiger partial charge in [0.1, 0.15) is 0 Å². The first kappa shape index (κ1) is 19.2. The van der Waals surface area contributed by atoms with Gasteiger partial charge in [0.15, 0.2) is 0 Å². The van der Waals surface area contributed by atoms with Crippen LogP contribution in [0.1, 0.15) is 66.1 Å². The van der Waals surface area contributed by atoms with Gasteiger partial charge in [0.2, 0.25) is 0 Å². The Kier molecular flexibility index (Phi) is 5.30. The average molecular weight is 381 g/mol. The third-order valence-corrected chi connectivity index (χ3v) is 6.22. The predicted octanol–water partition coefficient (Wildman–Crippen LogP) is 3.60. The Morgan fingerprint density at radius 3 is 2.54 bits per heavy atom. The van der Waals surface area contributed by atoms with Crippen molar-refractivity contribution in [2.24, 2.45) is 0 Å². The molecule has 144 valence electrons. The Hall–Kier alpha value is -1.60. The minimum absolute atomic E-state index is 0.00722. The van der Waals surface area contributed by atoms with E-state index in [4.69, 9.17) is 4.74 Å². The Balaban J connectivity index is 1.69. The van der Waals surface area contributed by atoms with E-state index in [1.54, 1.807) is 4.90 Å². The highest BCUT2D eigenvalue weighted by molar-refractivity contribution is 7.14. The minimum Gasteiger partial charge on any atom is -0.465 e. The van der Waals surface area contributed by atoms with Gasteiger partial charge in [-0.15, -0.1) is 11.3 Å². The summed E-state index contributed by atoms with van der Waals surface area (Å²) in [5.74, 6) is 0.158. The number of carbonyl (C=O) groups is 2. The van der Waals surface area contributed by atoms with Crippen LogP contribution in [0.15, 0.2) is 6.07 Å². The molecule has 2 N–H and O–H groups in total. The number of nitrogens with one attached hydrogen (secondary N) is 1. The van der Waals surface area contributed by atoms with Gasteiger partial charge >= 0.3 is 6.09 Å². The molecule has 1 saturated carbocycles. The van der Waals surface area contributed by atoms with Crippen LogP contribution in [0.4, 0.5) is 4.79 Å². The quantitative estimate of drug-likeness (QED) is 0.836. The smallest absolute Gasteiger partial charge is 0.408 e. The SMILES string of the molecule is Cc1sc(C(=O)NC2CCOCC2)cc1C1CC1N(C(=O)O)C(C)(C)C. The van der Waals surface area contributed by atoms with Crippen LogP contribution in [0.25, 0.3) is 0 Å². The Morgan fingerprint density at radius 1 is 1.31 bits per heavy atom. The average Bonchev–Trinajstić information content (AvgIpc) is 3.19. The van der Waals surface area contributed by atoms with Crippen molar-refractivity contribution in [1.29, 1.82) is 0 Å². The van der Waals surface area contributed by atoms with E-state index < -0.39 is 11.6 Å². The molecule has 7 heteroatoms. The monoisotopic (exact) mass is 380 g/mol. The van der Waals surface area contributed by atoms with E-state index in [2.05, 4.69) is 5.32 Å². The van der Waals surface area contributed by atoms with Crippen LogP contribution in [-0.2, 0) is 4.74 Å². The maximum absolute atomic E-state index is 12.6. The van der Waals surface area contributed by atoms with Crippen molar-refractivity contribution in [2.75, 3.05) is 13.2 Å². The Morgan fingerprint density at radius 2 is 1.96 bits per heavy atom. The third kappa shape index (κ3) is 4.04. The lowest BCUT2D eigenvalue weighted by Gasteiger charge is -2.33. The van der Waals surface area contributed by atoms with Crippen molar-refractivity contribution in [2.45, 2.75) is 70.5 Å². The Labute approximate surface area is 158 Å². The fourth-order valence-corrected chi connectivity index (χ4v) is 4.80. The zero-order valence-corrected chi connectivity index (χ0v) is 16.7. The van der Waals surface area contributed by atoms with Crippen LogP contribution >= 0.6 is 11.3 Å². The predicted molar refractivity (Wildman–Crippen MR) is 101 cm³/mol. The van der Waals surface area contributed by atoms with Gasteiger partial charge in [-0.3, -0.25) is 9.69 Å². The summed E-state index contributed by atoms with van der Waals surface area (Å²) in [4.78, 5) is 27.6. The van der Waals surface area contributed by atoms with E-state index in [0.29, 0.717) is 18.1 Å². The molecule has 2 fully saturated rings. The van der Waals surface area contributed by atoms with Crippen molar-refractivity contribution in [3.05, 3.63) is 21.4 Å². The zero-order valence-electron chi connectivity index (χ0n) is 15.9. The molecule has 2 aliphatic rings. The number of aryl methyl sites for hydroxylation is 1. The van der Waals surface area contributed by atoms with Gasteiger partial charge in [-0.1, -0.05) is 0 Å². The zero-order chi connectivity index (χ0) is 19.1. The molecule has 1 aromatic heterocycles. The van der Waals surface area contributed by atoms with Gasteiger partial charge in [0, 0.05) is 41.6 Å². The largest absolute Gasteiger partial charge is 0.465 e. The van der Waals surface area contributed by atoms with Crippen LogP contribution in [-0.4, -0.2) is 52.8 Å². The van der Waals surface area contributed by atoms with Crippen LogP contribution in [0, 0.1) is 6.92 Å². The summed E-state index contributed by atoms with van der Waals surface area (Å²) in [5.41, 5.74) is 0.686. The topological polar surface area (TPSA) is 78.9 Å². The van der Waals surface area contributed by atoms with Crippen molar-refractivity contribution in [1.82, 2.24) is 10.2 Å².